The van der Waals surface area contributed by atoms with Gasteiger partial charge in [0.25, 0.3) is 0 Å². The van der Waals surface area contributed by atoms with Crippen molar-refractivity contribution in [2.45, 2.75) is 4.90 Å². The molecule has 0 spiro atoms. The maximum Gasteiger partial charge on any atom is 0.177 e. The predicted molar refractivity (Wildman–Crippen MR) is 74.6 cm³/mol. The molecule has 0 aliphatic rings. The van der Waals surface area contributed by atoms with Crippen LogP contribution in [0.2, 0.25) is 0 Å². The monoisotopic (exact) mass is 290 g/mol. The van der Waals surface area contributed by atoms with Gasteiger partial charge in [0, 0.05) is 11.8 Å². The van der Waals surface area contributed by atoms with E-state index in [9.17, 15) is 12.8 Å². The number of sulfone groups is 1. The fourth-order valence-electron chi connectivity index (χ4n) is 2.05. The van der Waals surface area contributed by atoms with Crippen molar-refractivity contribution in [2.75, 3.05) is 6.26 Å². The number of nitrogens with one attached hydrogen (secondary N) is 1. The molecule has 20 heavy (non-hydrogen) atoms. The van der Waals surface area contributed by atoms with E-state index in [1.54, 1.807) is 24.3 Å². The van der Waals surface area contributed by atoms with Crippen molar-refractivity contribution in [3.8, 4) is 11.4 Å². The van der Waals surface area contributed by atoms with Crippen molar-refractivity contribution >= 4 is 20.9 Å². The van der Waals surface area contributed by atoms with Gasteiger partial charge in [0.05, 0.1) is 10.4 Å². The Kier molecular flexibility index (Phi) is 2.83. The SMILES string of the molecule is CS(=O)(=O)c1cccc2[nH]c(-c3ccc(F)cc3)nc12. The molecule has 2 aromatic carbocycles. The molecule has 3 rings (SSSR count). The van der Waals surface area contributed by atoms with Crippen LogP contribution in [0.25, 0.3) is 22.4 Å². The number of imidazole rings is 1. The van der Waals surface area contributed by atoms with E-state index in [0.717, 1.165) is 6.26 Å². The molecule has 4 nitrogen and oxygen atoms in total. The molecule has 1 heterocycles. The summed E-state index contributed by atoms with van der Waals surface area (Å²) in [5.41, 5.74) is 1.73. The summed E-state index contributed by atoms with van der Waals surface area (Å²) in [7, 11) is -3.35. The van der Waals surface area contributed by atoms with Crippen LogP contribution in [0.15, 0.2) is 47.4 Å². The van der Waals surface area contributed by atoms with Crippen LogP contribution >= 0.6 is 0 Å². The zero-order chi connectivity index (χ0) is 14.3. The van der Waals surface area contributed by atoms with Crippen LogP contribution in [0.4, 0.5) is 4.39 Å². The summed E-state index contributed by atoms with van der Waals surface area (Å²) < 4.78 is 36.4. The zero-order valence-electron chi connectivity index (χ0n) is 10.6. The van der Waals surface area contributed by atoms with E-state index < -0.39 is 9.84 Å². The lowest BCUT2D eigenvalue weighted by Gasteiger charge is -1.97. The van der Waals surface area contributed by atoms with Crippen LogP contribution in [0, 0.1) is 5.82 Å². The number of rotatable bonds is 2. The molecule has 1 aromatic heterocycles. The predicted octanol–water partition coefficient (Wildman–Crippen LogP) is 2.77. The van der Waals surface area contributed by atoms with Gasteiger partial charge in [0.15, 0.2) is 9.84 Å². The van der Waals surface area contributed by atoms with Gasteiger partial charge in [-0.05, 0) is 36.4 Å². The highest BCUT2D eigenvalue weighted by Gasteiger charge is 2.15. The van der Waals surface area contributed by atoms with E-state index in [1.165, 1.54) is 18.2 Å². The number of hydrogen-bond donors (Lipinski definition) is 1. The molecule has 0 amide bonds. The largest absolute Gasteiger partial charge is 0.338 e. The number of nitrogens with zero attached hydrogens (tertiary/aromatic N) is 1. The van der Waals surface area contributed by atoms with E-state index in [1.807, 2.05) is 0 Å². The Labute approximate surface area is 115 Å². The second-order valence-electron chi connectivity index (χ2n) is 4.52. The average molecular weight is 290 g/mol. The molecule has 1 N–H and O–H groups in total. The standard InChI is InChI=1S/C14H11FN2O2S/c1-20(18,19)12-4-2-3-11-13(12)17-14(16-11)9-5-7-10(15)8-6-9/h2-8H,1H3,(H,16,17). The molecule has 6 heteroatoms. The molecule has 0 aliphatic carbocycles. The van der Waals surface area contributed by atoms with E-state index in [0.29, 0.717) is 22.4 Å². The number of benzene rings is 2. The molecule has 102 valence electrons. The third-order valence-electron chi connectivity index (χ3n) is 2.99. The van der Waals surface area contributed by atoms with Gasteiger partial charge < -0.3 is 4.98 Å². The minimum absolute atomic E-state index is 0.180. The van der Waals surface area contributed by atoms with Crippen molar-refractivity contribution in [2.24, 2.45) is 0 Å². The Morgan fingerprint density at radius 2 is 1.80 bits per heavy atom. The van der Waals surface area contributed by atoms with E-state index in [2.05, 4.69) is 9.97 Å². The van der Waals surface area contributed by atoms with E-state index in [-0.39, 0.29) is 10.7 Å². The maximum absolute atomic E-state index is 12.9. The second-order valence-corrected chi connectivity index (χ2v) is 6.50. The molecule has 3 aromatic rings. The van der Waals surface area contributed by atoms with Gasteiger partial charge in [0.1, 0.15) is 17.2 Å². The van der Waals surface area contributed by atoms with Crippen LogP contribution in [0.1, 0.15) is 0 Å². The summed E-state index contributed by atoms with van der Waals surface area (Å²) in [5, 5.41) is 0. The molecule has 0 fully saturated rings. The highest BCUT2D eigenvalue weighted by atomic mass is 32.2. The maximum atomic E-state index is 12.9. The smallest absolute Gasteiger partial charge is 0.177 e. The van der Waals surface area contributed by atoms with Gasteiger partial charge in [-0.2, -0.15) is 0 Å². The first-order chi connectivity index (χ1) is 9.45. The summed E-state index contributed by atoms with van der Waals surface area (Å²) >= 11 is 0. The first-order valence-corrected chi connectivity index (χ1v) is 7.79. The lowest BCUT2D eigenvalue weighted by Crippen LogP contribution is -1.97. The topological polar surface area (TPSA) is 62.8 Å². The van der Waals surface area contributed by atoms with Crippen LogP contribution < -0.4 is 0 Å². The summed E-state index contributed by atoms with van der Waals surface area (Å²) in [5.74, 6) is 0.179. The van der Waals surface area contributed by atoms with Crippen molar-refractivity contribution in [3.05, 3.63) is 48.3 Å². The Hall–Kier alpha value is -2.21. The molecule has 0 atom stereocenters. The number of para-hydroxylation sites is 1. The van der Waals surface area contributed by atoms with Crippen LogP contribution in [0.5, 0.6) is 0 Å². The molecule has 0 saturated heterocycles. The number of aromatic nitrogens is 2. The molecule has 0 unspecified atom stereocenters. The Morgan fingerprint density at radius 1 is 1.10 bits per heavy atom. The summed E-state index contributed by atoms with van der Waals surface area (Å²) in [4.78, 5) is 7.55. The van der Waals surface area contributed by atoms with Gasteiger partial charge in [-0.1, -0.05) is 6.07 Å². The Balaban J connectivity index is 2.23. The quantitative estimate of drug-likeness (QED) is 0.789. The first kappa shape index (κ1) is 12.8. The average Bonchev–Trinajstić information content (AvgIpc) is 2.81. The zero-order valence-corrected chi connectivity index (χ0v) is 11.4. The first-order valence-electron chi connectivity index (χ1n) is 5.90. The van der Waals surface area contributed by atoms with Crippen LogP contribution in [-0.4, -0.2) is 24.6 Å². The number of H-pyrrole nitrogens is 1. The van der Waals surface area contributed by atoms with Gasteiger partial charge in [0.2, 0.25) is 0 Å². The molecular weight excluding hydrogens is 279 g/mol. The second kappa shape index (κ2) is 4.42. The van der Waals surface area contributed by atoms with Crippen molar-refractivity contribution in [1.29, 1.82) is 0 Å². The van der Waals surface area contributed by atoms with Crippen LogP contribution in [-0.2, 0) is 9.84 Å². The normalized spacial score (nSPS) is 11.9. The van der Waals surface area contributed by atoms with E-state index in [4.69, 9.17) is 0 Å². The van der Waals surface area contributed by atoms with Crippen molar-refractivity contribution < 1.29 is 12.8 Å². The fraction of sp³-hybridized carbons (Fsp3) is 0.0714. The molecular formula is C14H11FN2O2S. The highest BCUT2D eigenvalue weighted by Crippen LogP contribution is 2.25. The Bertz CT molecular complexity index is 883. The third-order valence-corrected chi connectivity index (χ3v) is 4.12. The minimum atomic E-state index is -3.35. The van der Waals surface area contributed by atoms with Gasteiger partial charge in [-0.3, -0.25) is 0 Å². The van der Waals surface area contributed by atoms with Crippen molar-refractivity contribution in [1.82, 2.24) is 9.97 Å². The lowest BCUT2D eigenvalue weighted by molar-refractivity contribution is 0.602. The van der Waals surface area contributed by atoms with Gasteiger partial charge in [-0.25, -0.2) is 17.8 Å². The molecule has 0 bridgehead atoms. The van der Waals surface area contributed by atoms with Crippen LogP contribution in [0.3, 0.4) is 0 Å². The summed E-state index contributed by atoms with van der Waals surface area (Å²) in [6.45, 7) is 0. The minimum Gasteiger partial charge on any atom is -0.338 e. The fourth-order valence-corrected chi connectivity index (χ4v) is 2.88. The number of halogens is 1. The Morgan fingerprint density at radius 3 is 2.45 bits per heavy atom. The van der Waals surface area contributed by atoms with Crippen molar-refractivity contribution in [3.63, 3.8) is 0 Å². The van der Waals surface area contributed by atoms with Gasteiger partial charge >= 0.3 is 0 Å². The molecule has 0 aliphatic heterocycles. The summed E-state index contributed by atoms with van der Waals surface area (Å²) in [6, 6.07) is 10.8. The number of aromatic amines is 1. The highest BCUT2D eigenvalue weighted by molar-refractivity contribution is 7.91. The lowest BCUT2D eigenvalue weighted by atomic mass is 10.2. The number of hydrogen-bond acceptors (Lipinski definition) is 3. The van der Waals surface area contributed by atoms with E-state index >= 15 is 0 Å². The summed E-state index contributed by atoms with van der Waals surface area (Å²) in [6.07, 6.45) is 1.15. The van der Waals surface area contributed by atoms with Gasteiger partial charge in [-0.15, -0.1) is 0 Å². The molecule has 0 radical (unpaired) electrons. The third kappa shape index (κ3) is 2.18. The molecule has 0 saturated carbocycles. The number of fused-ring (bicyclic) bond motifs is 1.